The van der Waals surface area contributed by atoms with Crippen molar-refractivity contribution in [1.82, 2.24) is 10.3 Å². The summed E-state index contributed by atoms with van der Waals surface area (Å²) in [4.78, 5) is 7.06. The van der Waals surface area contributed by atoms with Crippen LogP contribution >= 0.6 is 0 Å². The molecule has 1 fully saturated rings. The van der Waals surface area contributed by atoms with Crippen LogP contribution in [0.15, 0.2) is 12.3 Å². The molecule has 2 atom stereocenters. The standard InChI is InChI=1S/C16H27N3O/c1-5-6-17-8-15-7-12(2)16(18-9-15)19-10-14(4)20-11-13(19)3/h7,9,13-14,17H,5-6,8,10-11H2,1-4H3. The second-order valence-corrected chi connectivity index (χ2v) is 5.81. The van der Waals surface area contributed by atoms with Crippen LogP contribution in [0.2, 0.25) is 0 Å². The molecule has 1 aliphatic heterocycles. The lowest BCUT2D eigenvalue weighted by Crippen LogP contribution is -2.48. The van der Waals surface area contributed by atoms with Crippen LogP contribution in [-0.4, -0.2) is 36.8 Å². The number of hydrogen-bond donors (Lipinski definition) is 1. The van der Waals surface area contributed by atoms with E-state index in [1.165, 1.54) is 11.1 Å². The molecule has 1 aliphatic rings. The van der Waals surface area contributed by atoms with Crippen LogP contribution in [0.3, 0.4) is 0 Å². The molecule has 1 aromatic heterocycles. The van der Waals surface area contributed by atoms with Crippen molar-refractivity contribution in [1.29, 1.82) is 0 Å². The molecule has 0 amide bonds. The van der Waals surface area contributed by atoms with Crippen LogP contribution in [-0.2, 0) is 11.3 Å². The Morgan fingerprint density at radius 1 is 1.45 bits per heavy atom. The molecule has 2 unspecified atom stereocenters. The van der Waals surface area contributed by atoms with Gasteiger partial charge in [0, 0.05) is 19.3 Å². The minimum atomic E-state index is 0.276. The maximum absolute atomic E-state index is 5.69. The Kier molecular flexibility index (Phi) is 5.38. The minimum Gasteiger partial charge on any atom is -0.375 e. The Labute approximate surface area is 122 Å². The lowest BCUT2D eigenvalue weighted by molar-refractivity contribution is 0.0340. The fourth-order valence-corrected chi connectivity index (χ4v) is 2.63. The number of hydrogen-bond acceptors (Lipinski definition) is 4. The van der Waals surface area contributed by atoms with Crippen molar-refractivity contribution in [2.45, 2.75) is 52.8 Å². The van der Waals surface area contributed by atoms with Gasteiger partial charge in [-0.05, 0) is 50.9 Å². The molecule has 0 aliphatic carbocycles. The highest BCUT2D eigenvalue weighted by Gasteiger charge is 2.25. The number of rotatable bonds is 5. The molecule has 1 saturated heterocycles. The zero-order valence-electron chi connectivity index (χ0n) is 13.1. The summed E-state index contributed by atoms with van der Waals surface area (Å²) in [6.07, 6.45) is 3.43. The average Bonchev–Trinajstić information content (AvgIpc) is 2.42. The average molecular weight is 277 g/mol. The molecule has 0 radical (unpaired) electrons. The summed E-state index contributed by atoms with van der Waals surface area (Å²) in [5.41, 5.74) is 2.51. The van der Waals surface area contributed by atoms with Gasteiger partial charge in [0.15, 0.2) is 0 Å². The summed E-state index contributed by atoms with van der Waals surface area (Å²) in [5.74, 6) is 1.10. The third-order valence-electron chi connectivity index (χ3n) is 3.74. The van der Waals surface area contributed by atoms with Gasteiger partial charge in [-0.15, -0.1) is 0 Å². The number of ether oxygens (including phenoxy) is 1. The lowest BCUT2D eigenvalue weighted by atomic mass is 10.1. The first-order valence-corrected chi connectivity index (χ1v) is 7.66. The Morgan fingerprint density at radius 2 is 2.25 bits per heavy atom. The van der Waals surface area contributed by atoms with Crippen molar-refractivity contribution in [3.63, 3.8) is 0 Å². The molecule has 4 heteroatoms. The van der Waals surface area contributed by atoms with Gasteiger partial charge < -0.3 is 15.0 Å². The highest BCUT2D eigenvalue weighted by molar-refractivity contribution is 5.48. The van der Waals surface area contributed by atoms with Gasteiger partial charge in [0.05, 0.1) is 18.8 Å². The van der Waals surface area contributed by atoms with Crippen LogP contribution < -0.4 is 10.2 Å². The van der Waals surface area contributed by atoms with Crippen LogP contribution in [0.4, 0.5) is 5.82 Å². The predicted molar refractivity (Wildman–Crippen MR) is 83.2 cm³/mol. The third kappa shape index (κ3) is 3.70. The molecule has 20 heavy (non-hydrogen) atoms. The van der Waals surface area contributed by atoms with Crippen molar-refractivity contribution in [2.24, 2.45) is 0 Å². The fourth-order valence-electron chi connectivity index (χ4n) is 2.63. The Bertz CT molecular complexity index is 436. The van der Waals surface area contributed by atoms with Gasteiger partial charge in [0.25, 0.3) is 0 Å². The van der Waals surface area contributed by atoms with Crippen molar-refractivity contribution < 1.29 is 4.74 Å². The number of nitrogens with zero attached hydrogens (tertiary/aromatic N) is 2. The zero-order chi connectivity index (χ0) is 14.5. The smallest absolute Gasteiger partial charge is 0.131 e. The Balaban J connectivity index is 2.08. The summed E-state index contributed by atoms with van der Waals surface area (Å²) in [6.45, 7) is 12.3. The number of morpholine rings is 1. The number of aromatic nitrogens is 1. The summed E-state index contributed by atoms with van der Waals surface area (Å²) in [5, 5.41) is 3.42. The highest BCUT2D eigenvalue weighted by atomic mass is 16.5. The topological polar surface area (TPSA) is 37.4 Å². The van der Waals surface area contributed by atoms with Crippen LogP contribution in [0, 0.1) is 6.92 Å². The van der Waals surface area contributed by atoms with E-state index >= 15 is 0 Å². The fraction of sp³-hybridized carbons (Fsp3) is 0.688. The molecule has 2 rings (SSSR count). The van der Waals surface area contributed by atoms with Crippen molar-refractivity contribution in [2.75, 3.05) is 24.6 Å². The molecule has 1 aromatic rings. The van der Waals surface area contributed by atoms with E-state index in [0.29, 0.717) is 6.04 Å². The number of anilines is 1. The molecule has 0 bridgehead atoms. The molecule has 2 heterocycles. The van der Waals surface area contributed by atoms with E-state index in [2.05, 4.69) is 44.0 Å². The lowest BCUT2D eigenvalue weighted by Gasteiger charge is -2.38. The first-order valence-electron chi connectivity index (χ1n) is 7.66. The van der Waals surface area contributed by atoms with Gasteiger partial charge in [0.1, 0.15) is 5.82 Å². The van der Waals surface area contributed by atoms with Gasteiger partial charge in [-0.25, -0.2) is 4.98 Å². The van der Waals surface area contributed by atoms with E-state index in [1.54, 1.807) is 0 Å². The molecule has 4 nitrogen and oxygen atoms in total. The maximum Gasteiger partial charge on any atom is 0.131 e. The van der Waals surface area contributed by atoms with Crippen LogP contribution in [0.5, 0.6) is 0 Å². The van der Waals surface area contributed by atoms with E-state index in [9.17, 15) is 0 Å². The first-order chi connectivity index (χ1) is 9.61. The normalized spacial score (nSPS) is 23.1. The second-order valence-electron chi connectivity index (χ2n) is 5.81. The Morgan fingerprint density at radius 3 is 2.95 bits per heavy atom. The number of nitrogens with one attached hydrogen (secondary N) is 1. The van der Waals surface area contributed by atoms with Gasteiger partial charge in [-0.1, -0.05) is 6.92 Å². The molecule has 112 valence electrons. The molecular formula is C16H27N3O. The van der Waals surface area contributed by atoms with E-state index in [1.807, 2.05) is 6.20 Å². The summed E-state index contributed by atoms with van der Waals surface area (Å²) < 4.78 is 5.69. The van der Waals surface area contributed by atoms with Crippen molar-refractivity contribution in [3.8, 4) is 0 Å². The third-order valence-corrected chi connectivity index (χ3v) is 3.74. The zero-order valence-corrected chi connectivity index (χ0v) is 13.1. The molecule has 1 N–H and O–H groups in total. The maximum atomic E-state index is 5.69. The minimum absolute atomic E-state index is 0.276. The summed E-state index contributed by atoms with van der Waals surface area (Å²) in [7, 11) is 0. The van der Waals surface area contributed by atoms with E-state index in [4.69, 9.17) is 9.72 Å². The molecule has 0 aromatic carbocycles. The summed E-state index contributed by atoms with van der Waals surface area (Å²) >= 11 is 0. The van der Waals surface area contributed by atoms with E-state index in [0.717, 1.165) is 38.5 Å². The van der Waals surface area contributed by atoms with Crippen LogP contribution in [0.1, 0.15) is 38.3 Å². The monoisotopic (exact) mass is 277 g/mol. The van der Waals surface area contributed by atoms with E-state index in [-0.39, 0.29) is 6.10 Å². The Hall–Kier alpha value is -1.13. The highest BCUT2D eigenvalue weighted by Crippen LogP contribution is 2.23. The number of pyridine rings is 1. The van der Waals surface area contributed by atoms with Gasteiger partial charge >= 0.3 is 0 Å². The summed E-state index contributed by atoms with van der Waals surface area (Å²) in [6, 6.07) is 2.64. The van der Waals surface area contributed by atoms with Crippen LogP contribution in [0.25, 0.3) is 0 Å². The molecule has 0 spiro atoms. The van der Waals surface area contributed by atoms with Gasteiger partial charge in [-0.3, -0.25) is 0 Å². The van der Waals surface area contributed by atoms with Gasteiger partial charge in [-0.2, -0.15) is 0 Å². The molecular weight excluding hydrogens is 250 g/mol. The predicted octanol–water partition coefficient (Wildman–Crippen LogP) is 2.50. The van der Waals surface area contributed by atoms with E-state index < -0.39 is 0 Å². The van der Waals surface area contributed by atoms with Crippen molar-refractivity contribution >= 4 is 5.82 Å². The first kappa shape index (κ1) is 15.3. The SMILES string of the molecule is CCCNCc1cnc(N2CC(C)OCC2C)c(C)c1. The van der Waals surface area contributed by atoms with Crippen molar-refractivity contribution in [3.05, 3.63) is 23.4 Å². The largest absolute Gasteiger partial charge is 0.375 e. The number of aryl methyl sites for hydroxylation is 1. The molecule has 0 saturated carbocycles. The quantitative estimate of drug-likeness (QED) is 0.839. The second kappa shape index (κ2) is 7.04. The van der Waals surface area contributed by atoms with Gasteiger partial charge in [0.2, 0.25) is 0 Å².